The molecule has 4 aromatic rings. The molecule has 2 heterocycles. The maximum Gasteiger partial charge on any atom is 0.275 e. The number of hydrogen-bond acceptors (Lipinski definition) is 4. The molecule has 33 heavy (non-hydrogen) atoms. The Bertz CT molecular complexity index is 1250. The van der Waals surface area contributed by atoms with Gasteiger partial charge in [0.15, 0.2) is 5.69 Å². The number of fused-ring (bicyclic) bond motifs is 1. The minimum atomic E-state index is -0.435. The molecule has 7 heteroatoms. The second kappa shape index (κ2) is 9.26. The van der Waals surface area contributed by atoms with Crippen LogP contribution in [-0.2, 0) is 4.79 Å². The highest BCUT2D eigenvalue weighted by Gasteiger charge is 2.32. The Morgan fingerprint density at radius 1 is 0.818 bits per heavy atom. The highest BCUT2D eigenvalue weighted by molar-refractivity contribution is 6.04. The van der Waals surface area contributed by atoms with Crippen LogP contribution in [0.25, 0.3) is 10.9 Å². The Balaban J connectivity index is 1.32. The van der Waals surface area contributed by atoms with Gasteiger partial charge >= 0.3 is 0 Å². The van der Waals surface area contributed by atoms with Crippen molar-refractivity contribution < 1.29 is 9.59 Å². The van der Waals surface area contributed by atoms with E-state index in [1.54, 1.807) is 0 Å². The van der Waals surface area contributed by atoms with E-state index < -0.39 is 6.04 Å². The van der Waals surface area contributed by atoms with Crippen LogP contribution in [0.5, 0.6) is 0 Å². The number of H-pyrrole nitrogens is 1. The number of para-hydroxylation sites is 2. The molecule has 1 fully saturated rings. The van der Waals surface area contributed by atoms with Gasteiger partial charge in [-0.05, 0) is 23.8 Å². The van der Waals surface area contributed by atoms with Gasteiger partial charge in [-0.3, -0.25) is 19.6 Å². The number of nitrogens with zero attached hydrogens (tertiary/aromatic N) is 3. The molecule has 3 aromatic carbocycles. The normalized spacial score (nSPS) is 15.3. The standard InChI is InChI=1S/C26H25N5O2/c32-25(27-20-11-5-2-6-12-20)24(19-9-3-1-4-10-19)30-15-17-31(18-16-30)26(33)23-21-13-7-8-14-22(21)28-29-23/h1-14,24H,15-18H2,(H,27,32)(H,28,29). The molecule has 2 amide bonds. The monoisotopic (exact) mass is 439 g/mol. The molecule has 1 aliphatic heterocycles. The molecule has 1 atom stereocenters. The summed E-state index contributed by atoms with van der Waals surface area (Å²) in [6, 6.07) is 26.5. The van der Waals surface area contributed by atoms with E-state index in [0.29, 0.717) is 31.9 Å². The molecule has 2 N–H and O–H groups in total. The van der Waals surface area contributed by atoms with Crippen molar-refractivity contribution in [2.75, 3.05) is 31.5 Å². The molecule has 7 nitrogen and oxygen atoms in total. The van der Waals surface area contributed by atoms with Crippen LogP contribution < -0.4 is 5.32 Å². The Hall–Kier alpha value is -3.97. The molecule has 0 radical (unpaired) electrons. The molecule has 1 aromatic heterocycles. The molecule has 1 unspecified atom stereocenters. The van der Waals surface area contributed by atoms with E-state index in [4.69, 9.17) is 0 Å². The first kappa shape index (κ1) is 20.9. The van der Waals surface area contributed by atoms with Crippen molar-refractivity contribution in [1.82, 2.24) is 20.0 Å². The van der Waals surface area contributed by atoms with Gasteiger partial charge < -0.3 is 10.2 Å². The molecule has 0 spiro atoms. The predicted molar refractivity (Wildman–Crippen MR) is 128 cm³/mol. The summed E-state index contributed by atoms with van der Waals surface area (Å²) in [5.74, 6) is -0.164. The molecule has 166 valence electrons. The average molecular weight is 440 g/mol. The van der Waals surface area contributed by atoms with Gasteiger partial charge in [0, 0.05) is 37.3 Å². The molecule has 0 saturated carbocycles. The van der Waals surface area contributed by atoms with Gasteiger partial charge in [-0.2, -0.15) is 5.10 Å². The van der Waals surface area contributed by atoms with E-state index >= 15 is 0 Å². The van der Waals surface area contributed by atoms with Gasteiger partial charge in [-0.25, -0.2) is 0 Å². The maximum atomic E-state index is 13.3. The van der Waals surface area contributed by atoms with Gasteiger partial charge in [-0.1, -0.05) is 66.7 Å². The molecule has 1 saturated heterocycles. The van der Waals surface area contributed by atoms with Crippen LogP contribution in [0.1, 0.15) is 22.1 Å². The number of aromatic nitrogens is 2. The first-order valence-corrected chi connectivity index (χ1v) is 11.1. The van der Waals surface area contributed by atoms with Gasteiger partial charge in [0.2, 0.25) is 5.91 Å². The molecule has 0 aliphatic carbocycles. The summed E-state index contributed by atoms with van der Waals surface area (Å²) in [6.07, 6.45) is 0. The lowest BCUT2D eigenvalue weighted by Gasteiger charge is -2.38. The molecule has 0 bridgehead atoms. The highest BCUT2D eigenvalue weighted by Crippen LogP contribution is 2.25. The summed E-state index contributed by atoms with van der Waals surface area (Å²) in [5.41, 5.74) is 2.99. The number of aromatic amines is 1. The highest BCUT2D eigenvalue weighted by atomic mass is 16.2. The van der Waals surface area contributed by atoms with Crippen LogP contribution in [0.2, 0.25) is 0 Å². The van der Waals surface area contributed by atoms with E-state index in [1.165, 1.54) is 0 Å². The van der Waals surface area contributed by atoms with Crippen molar-refractivity contribution in [3.63, 3.8) is 0 Å². The number of benzene rings is 3. The fraction of sp³-hybridized carbons (Fsp3) is 0.192. The summed E-state index contributed by atoms with van der Waals surface area (Å²) in [5, 5.41) is 11.1. The van der Waals surface area contributed by atoms with E-state index in [2.05, 4.69) is 20.4 Å². The Morgan fingerprint density at radius 3 is 2.18 bits per heavy atom. The van der Waals surface area contributed by atoms with Crippen LogP contribution in [-0.4, -0.2) is 58.0 Å². The van der Waals surface area contributed by atoms with Crippen molar-refractivity contribution in [1.29, 1.82) is 0 Å². The molecular weight excluding hydrogens is 414 g/mol. The van der Waals surface area contributed by atoms with E-state index in [1.807, 2.05) is 89.8 Å². The lowest BCUT2D eigenvalue weighted by Crippen LogP contribution is -2.51. The molecule has 5 rings (SSSR count). The van der Waals surface area contributed by atoms with E-state index in [9.17, 15) is 9.59 Å². The maximum absolute atomic E-state index is 13.3. The summed E-state index contributed by atoms with van der Waals surface area (Å²) in [4.78, 5) is 30.4. The third-order valence-corrected chi connectivity index (χ3v) is 6.04. The van der Waals surface area contributed by atoms with Gasteiger partial charge in [-0.15, -0.1) is 0 Å². The third-order valence-electron chi connectivity index (χ3n) is 6.04. The van der Waals surface area contributed by atoms with E-state index in [0.717, 1.165) is 22.2 Å². The van der Waals surface area contributed by atoms with Crippen LogP contribution in [0.4, 0.5) is 5.69 Å². The SMILES string of the molecule is O=C(Nc1ccccc1)C(c1ccccc1)N1CCN(C(=O)c2n[nH]c3ccccc23)CC1. The smallest absolute Gasteiger partial charge is 0.275 e. The van der Waals surface area contributed by atoms with E-state index in [-0.39, 0.29) is 11.8 Å². The van der Waals surface area contributed by atoms with Crippen molar-refractivity contribution in [2.45, 2.75) is 6.04 Å². The summed E-state index contributed by atoms with van der Waals surface area (Å²) >= 11 is 0. The third kappa shape index (κ3) is 4.36. The second-order valence-electron chi connectivity index (χ2n) is 8.11. The van der Waals surface area contributed by atoms with Crippen LogP contribution in [0.15, 0.2) is 84.9 Å². The van der Waals surface area contributed by atoms with Crippen molar-refractivity contribution in [3.05, 3.63) is 96.2 Å². The fourth-order valence-corrected chi connectivity index (χ4v) is 4.35. The quantitative estimate of drug-likeness (QED) is 0.497. The minimum Gasteiger partial charge on any atom is -0.335 e. The Labute approximate surface area is 192 Å². The molecular formula is C26H25N5O2. The lowest BCUT2D eigenvalue weighted by atomic mass is 10.0. The Kier molecular flexibility index (Phi) is 5.87. The topological polar surface area (TPSA) is 81.3 Å². The summed E-state index contributed by atoms with van der Waals surface area (Å²) < 4.78 is 0. The summed E-state index contributed by atoms with van der Waals surface area (Å²) in [7, 11) is 0. The summed E-state index contributed by atoms with van der Waals surface area (Å²) in [6.45, 7) is 2.25. The minimum absolute atomic E-state index is 0.0783. The van der Waals surface area contributed by atoms with Gasteiger partial charge in [0.1, 0.15) is 6.04 Å². The number of hydrogen-bond donors (Lipinski definition) is 2. The van der Waals surface area contributed by atoms with Crippen LogP contribution >= 0.6 is 0 Å². The lowest BCUT2D eigenvalue weighted by molar-refractivity contribution is -0.122. The largest absolute Gasteiger partial charge is 0.335 e. The van der Waals surface area contributed by atoms with Crippen molar-refractivity contribution in [3.8, 4) is 0 Å². The Morgan fingerprint density at radius 2 is 1.45 bits per heavy atom. The first-order valence-electron chi connectivity index (χ1n) is 11.1. The van der Waals surface area contributed by atoms with Crippen LogP contribution in [0, 0.1) is 0 Å². The van der Waals surface area contributed by atoms with Gasteiger partial charge in [0.05, 0.1) is 5.52 Å². The number of rotatable bonds is 5. The second-order valence-corrected chi connectivity index (χ2v) is 8.11. The van der Waals surface area contributed by atoms with Crippen LogP contribution in [0.3, 0.4) is 0 Å². The predicted octanol–water partition coefficient (Wildman–Crippen LogP) is 3.70. The van der Waals surface area contributed by atoms with Crippen molar-refractivity contribution in [2.24, 2.45) is 0 Å². The number of carbonyl (C=O) groups is 2. The zero-order valence-corrected chi connectivity index (χ0v) is 18.1. The average Bonchev–Trinajstić information content (AvgIpc) is 3.30. The first-order chi connectivity index (χ1) is 16.2. The number of amides is 2. The fourth-order valence-electron chi connectivity index (χ4n) is 4.35. The van der Waals surface area contributed by atoms with Gasteiger partial charge in [0.25, 0.3) is 5.91 Å². The van der Waals surface area contributed by atoms with Crippen molar-refractivity contribution >= 4 is 28.4 Å². The zero-order valence-electron chi connectivity index (χ0n) is 18.1. The number of carbonyl (C=O) groups excluding carboxylic acids is 2. The molecule has 1 aliphatic rings. The number of nitrogens with one attached hydrogen (secondary N) is 2. The number of anilines is 1. The zero-order chi connectivity index (χ0) is 22.6. The number of piperazine rings is 1.